The molecule has 5 nitrogen and oxygen atoms in total. The molecule has 0 bridgehead atoms. The van der Waals surface area contributed by atoms with E-state index in [-0.39, 0.29) is 28.1 Å². The number of carbonyl (C=O) groups is 2. The maximum Gasteiger partial charge on any atom is 0.418 e. The topological polar surface area (TPSA) is 51.5 Å². The van der Waals surface area contributed by atoms with Gasteiger partial charge in [0, 0.05) is 24.7 Å². The summed E-state index contributed by atoms with van der Waals surface area (Å²) in [6.07, 6.45) is 2.01. The zero-order valence-electron chi connectivity index (χ0n) is 14.3. The van der Waals surface area contributed by atoms with Crippen molar-refractivity contribution in [3.8, 4) is 0 Å². The number of likely N-dealkylation sites (tertiary alicyclic amines) is 1. The third-order valence-corrected chi connectivity index (χ3v) is 5.33. The Kier molecular flexibility index (Phi) is 4.81. The summed E-state index contributed by atoms with van der Waals surface area (Å²) in [5.74, 6) is -0.183. The standard InChI is InChI=1S/C20H16Cl2N2O3/c21-15-11-16-14(18(22)17(15)19(25)23-8-4-9-23)7-10-24(16)20(26)27-12-13-5-2-1-3-6-13/h1-3,5-7,10-11H,4,8-9,12H2. The van der Waals surface area contributed by atoms with E-state index in [0.29, 0.717) is 24.0 Å². The Labute approximate surface area is 166 Å². The molecule has 1 aliphatic rings. The molecule has 0 aliphatic carbocycles. The van der Waals surface area contributed by atoms with Gasteiger partial charge in [0.2, 0.25) is 0 Å². The zero-order valence-corrected chi connectivity index (χ0v) is 15.8. The summed E-state index contributed by atoms with van der Waals surface area (Å²) in [6.45, 7) is 1.57. The van der Waals surface area contributed by atoms with E-state index in [4.69, 9.17) is 27.9 Å². The molecule has 0 spiro atoms. The fourth-order valence-corrected chi connectivity index (χ4v) is 3.70. The second-order valence-corrected chi connectivity index (χ2v) is 7.14. The molecule has 3 aromatic rings. The van der Waals surface area contributed by atoms with Gasteiger partial charge in [0.25, 0.3) is 5.91 Å². The van der Waals surface area contributed by atoms with Crippen molar-refractivity contribution in [3.05, 3.63) is 69.8 Å². The molecular weight excluding hydrogens is 387 g/mol. The summed E-state index contributed by atoms with van der Waals surface area (Å²) in [7, 11) is 0. The molecule has 1 aromatic heterocycles. The van der Waals surface area contributed by atoms with Crippen LogP contribution in [0.1, 0.15) is 22.3 Å². The minimum Gasteiger partial charge on any atom is -0.444 e. The molecule has 0 radical (unpaired) electrons. The summed E-state index contributed by atoms with van der Waals surface area (Å²) in [6, 6.07) is 12.7. The normalized spacial score (nSPS) is 13.5. The Bertz CT molecular complexity index is 1030. The van der Waals surface area contributed by atoms with Crippen molar-refractivity contribution in [1.82, 2.24) is 9.47 Å². The van der Waals surface area contributed by atoms with Crippen LogP contribution in [-0.2, 0) is 11.3 Å². The van der Waals surface area contributed by atoms with E-state index in [1.165, 1.54) is 4.57 Å². The number of benzene rings is 2. The molecular formula is C20H16Cl2N2O3. The Morgan fingerprint density at radius 2 is 1.81 bits per heavy atom. The summed E-state index contributed by atoms with van der Waals surface area (Å²) >= 11 is 12.8. The van der Waals surface area contributed by atoms with Crippen molar-refractivity contribution in [2.45, 2.75) is 13.0 Å². The van der Waals surface area contributed by atoms with E-state index in [1.54, 1.807) is 23.2 Å². The van der Waals surface area contributed by atoms with E-state index in [0.717, 1.165) is 12.0 Å². The van der Waals surface area contributed by atoms with Crippen LogP contribution in [0.25, 0.3) is 10.9 Å². The minimum atomic E-state index is -0.539. The highest BCUT2D eigenvalue weighted by Crippen LogP contribution is 2.35. The minimum absolute atomic E-state index is 0.159. The summed E-state index contributed by atoms with van der Waals surface area (Å²) < 4.78 is 6.71. The lowest BCUT2D eigenvalue weighted by atomic mass is 10.1. The number of halogens is 2. The molecule has 2 heterocycles. The van der Waals surface area contributed by atoms with Crippen molar-refractivity contribution in [2.75, 3.05) is 13.1 Å². The summed E-state index contributed by atoms with van der Waals surface area (Å²) in [4.78, 5) is 26.7. The molecule has 0 unspecified atom stereocenters. The van der Waals surface area contributed by atoms with Gasteiger partial charge in [-0.2, -0.15) is 0 Å². The fourth-order valence-electron chi connectivity index (χ4n) is 3.03. The van der Waals surface area contributed by atoms with Crippen molar-refractivity contribution in [1.29, 1.82) is 0 Å². The van der Waals surface area contributed by atoms with Crippen LogP contribution in [0.4, 0.5) is 4.79 Å². The van der Waals surface area contributed by atoms with Gasteiger partial charge < -0.3 is 9.64 Å². The first kappa shape index (κ1) is 17.9. The smallest absolute Gasteiger partial charge is 0.418 e. The number of hydrogen-bond acceptors (Lipinski definition) is 3. The quantitative estimate of drug-likeness (QED) is 0.620. The molecule has 0 N–H and O–H groups in total. The first-order valence-corrected chi connectivity index (χ1v) is 9.31. The van der Waals surface area contributed by atoms with Gasteiger partial charge in [0.15, 0.2) is 0 Å². The number of fused-ring (bicyclic) bond motifs is 1. The molecule has 4 rings (SSSR count). The molecule has 1 aliphatic heterocycles. The monoisotopic (exact) mass is 402 g/mol. The van der Waals surface area contributed by atoms with E-state index in [2.05, 4.69) is 0 Å². The van der Waals surface area contributed by atoms with Crippen molar-refractivity contribution in [2.24, 2.45) is 0 Å². The largest absolute Gasteiger partial charge is 0.444 e. The maximum absolute atomic E-state index is 12.6. The van der Waals surface area contributed by atoms with Gasteiger partial charge in [0.1, 0.15) is 6.61 Å². The number of rotatable bonds is 3. The first-order chi connectivity index (χ1) is 13.1. The fraction of sp³-hybridized carbons (Fsp3) is 0.200. The third kappa shape index (κ3) is 3.29. The van der Waals surface area contributed by atoms with Gasteiger partial charge in [-0.25, -0.2) is 4.79 Å². The lowest BCUT2D eigenvalue weighted by Crippen LogP contribution is -2.42. The molecule has 2 aromatic carbocycles. The van der Waals surface area contributed by atoms with Crippen LogP contribution in [0.5, 0.6) is 0 Å². The Hall–Kier alpha value is -2.50. The lowest BCUT2D eigenvalue weighted by molar-refractivity contribution is 0.0652. The van der Waals surface area contributed by atoms with Crippen molar-refractivity contribution in [3.63, 3.8) is 0 Å². The second-order valence-electron chi connectivity index (χ2n) is 6.35. The van der Waals surface area contributed by atoms with Crippen LogP contribution < -0.4 is 0 Å². The molecule has 27 heavy (non-hydrogen) atoms. The average Bonchev–Trinajstić information content (AvgIpc) is 3.03. The first-order valence-electron chi connectivity index (χ1n) is 8.55. The SMILES string of the molecule is O=C(c1c(Cl)cc2c(ccn2C(=O)OCc2ccccc2)c1Cl)N1CCC1. The molecule has 1 saturated heterocycles. The lowest BCUT2D eigenvalue weighted by Gasteiger charge is -2.31. The summed E-state index contributed by atoms with van der Waals surface area (Å²) in [5.41, 5.74) is 1.67. The number of ether oxygens (including phenoxy) is 1. The number of amides is 1. The number of aromatic nitrogens is 1. The van der Waals surface area contributed by atoms with Gasteiger partial charge >= 0.3 is 6.09 Å². The van der Waals surface area contributed by atoms with E-state index in [9.17, 15) is 9.59 Å². The third-order valence-electron chi connectivity index (χ3n) is 4.64. The molecule has 0 saturated carbocycles. The summed E-state index contributed by atoms with van der Waals surface area (Å²) in [5, 5.41) is 1.06. The average molecular weight is 403 g/mol. The Morgan fingerprint density at radius 1 is 1.07 bits per heavy atom. The van der Waals surface area contributed by atoms with Gasteiger partial charge in [0.05, 0.1) is 21.1 Å². The zero-order chi connectivity index (χ0) is 19.0. The van der Waals surface area contributed by atoms with Crippen LogP contribution in [0, 0.1) is 0 Å². The highest BCUT2D eigenvalue weighted by atomic mass is 35.5. The number of carbonyl (C=O) groups excluding carboxylic acids is 2. The van der Waals surface area contributed by atoms with Gasteiger partial charge in [-0.05, 0) is 24.1 Å². The van der Waals surface area contributed by atoms with E-state index >= 15 is 0 Å². The van der Waals surface area contributed by atoms with Crippen molar-refractivity contribution >= 4 is 46.1 Å². The predicted molar refractivity (Wildman–Crippen MR) is 105 cm³/mol. The highest BCUT2D eigenvalue weighted by Gasteiger charge is 2.27. The number of hydrogen-bond donors (Lipinski definition) is 0. The van der Waals surface area contributed by atoms with Crippen LogP contribution in [0.3, 0.4) is 0 Å². The number of nitrogens with zero attached hydrogens (tertiary/aromatic N) is 2. The van der Waals surface area contributed by atoms with E-state index in [1.807, 2.05) is 30.3 Å². The van der Waals surface area contributed by atoms with Crippen molar-refractivity contribution < 1.29 is 14.3 Å². The van der Waals surface area contributed by atoms with Crippen LogP contribution in [-0.4, -0.2) is 34.6 Å². The van der Waals surface area contributed by atoms with Gasteiger partial charge in [-0.1, -0.05) is 53.5 Å². The maximum atomic E-state index is 12.6. The van der Waals surface area contributed by atoms with Crippen LogP contribution >= 0.6 is 23.2 Å². The molecule has 0 atom stereocenters. The Morgan fingerprint density at radius 3 is 2.48 bits per heavy atom. The molecule has 138 valence electrons. The van der Waals surface area contributed by atoms with E-state index < -0.39 is 6.09 Å². The molecule has 7 heteroatoms. The highest BCUT2D eigenvalue weighted by molar-refractivity contribution is 6.43. The second kappa shape index (κ2) is 7.25. The molecule has 1 fully saturated rings. The Balaban J connectivity index is 1.63. The predicted octanol–water partition coefficient (Wildman–Crippen LogP) is 4.98. The van der Waals surface area contributed by atoms with Crippen LogP contribution in [0.15, 0.2) is 48.7 Å². The van der Waals surface area contributed by atoms with Gasteiger partial charge in [-0.3, -0.25) is 9.36 Å². The van der Waals surface area contributed by atoms with Gasteiger partial charge in [-0.15, -0.1) is 0 Å². The molecule has 1 amide bonds. The van der Waals surface area contributed by atoms with Crippen LogP contribution in [0.2, 0.25) is 10.0 Å².